The molecule has 2 amide bonds. The van der Waals surface area contributed by atoms with Crippen molar-refractivity contribution in [3.05, 3.63) is 70.5 Å². The average Bonchev–Trinajstić information content (AvgIpc) is 2.79. The number of hydrogen-bond acceptors (Lipinski definition) is 4. The van der Waals surface area contributed by atoms with Crippen LogP contribution in [0.1, 0.15) is 5.69 Å². The number of nitrogens with zero attached hydrogens (tertiary/aromatic N) is 4. The predicted octanol–water partition coefficient (Wildman–Crippen LogP) is 5.33. The Morgan fingerprint density at radius 3 is 2.53 bits per heavy atom. The van der Waals surface area contributed by atoms with Crippen molar-refractivity contribution in [2.45, 2.75) is 6.92 Å². The summed E-state index contributed by atoms with van der Waals surface area (Å²) in [6.45, 7) is 11.4. The zero-order valence-electron chi connectivity index (χ0n) is 17.2. The fourth-order valence-corrected chi connectivity index (χ4v) is 3.76. The summed E-state index contributed by atoms with van der Waals surface area (Å²) in [5.41, 5.74) is 3.17. The Morgan fingerprint density at radius 2 is 1.88 bits per heavy atom. The third-order valence-electron chi connectivity index (χ3n) is 4.98. The van der Waals surface area contributed by atoms with Crippen molar-refractivity contribution in [2.75, 3.05) is 31.6 Å². The number of pyridine rings is 2. The number of aryl methyl sites for hydroxylation is 1. The van der Waals surface area contributed by atoms with Gasteiger partial charge < -0.3 is 9.64 Å². The first-order valence-corrected chi connectivity index (χ1v) is 10.3. The highest BCUT2D eigenvalue weighted by atomic mass is 35.5. The molecule has 0 spiro atoms. The van der Waals surface area contributed by atoms with Crippen molar-refractivity contribution in [1.82, 2.24) is 14.9 Å². The summed E-state index contributed by atoms with van der Waals surface area (Å²) >= 11 is 6.17. The second-order valence-corrected chi connectivity index (χ2v) is 7.61. The number of morpholine rings is 1. The zero-order chi connectivity index (χ0) is 22.7. The van der Waals surface area contributed by atoms with E-state index in [1.54, 1.807) is 36.1 Å². The molecule has 1 fully saturated rings. The SMILES string of the molecule is [C-]#[N+]c1cc(NC(=O)N2CCOCC2)nc(-c2ccc(F)cc2)c1-c1cc(C)nc(Cl)c1. The number of benzene rings is 1. The van der Waals surface area contributed by atoms with Gasteiger partial charge in [0.15, 0.2) is 0 Å². The highest BCUT2D eigenvalue weighted by Gasteiger charge is 2.21. The molecule has 0 radical (unpaired) electrons. The second kappa shape index (κ2) is 9.30. The predicted molar refractivity (Wildman–Crippen MR) is 120 cm³/mol. The zero-order valence-corrected chi connectivity index (χ0v) is 18.0. The van der Waals surface area contributed by atoms with Gasteiger partial charge in [-0.1, -0.05) is 11.6 Å². The van der Waals surface area contributed by atoms with Crippen LogP contribution in [0.4, 0.5) is 20.7 Å². The van der Waals surface area contributed by atoms with Gasteiger partial charge in [-0.3, -0.25) is 5.32 Å². The molecule has 0 saturated carbocycles. The molecule has 1 aliphatic rings. The maximum Gasteiger partial charge on any atom is 0.323 e. The van der Waals surface area contributed by atoms with Crippen LogP contribution in [0.5, 0.6) is 0 Å². The molecule has 7 nitrogen and oxygen atoms in total. The van der Waals surface area contributed by atoms with Crippen LogP contribution in [0.2, 0.25) is 5.15 Å². The molecule has 162 valence electrons. The van der Waals surface area contributed by atoms with Gasteiger partial charge in [-0.05, 0) is 60.5 Å². The molecule has 9 heteroatoms. The van der Waals surface area contributed by atoms with Gasteiger partial charge in [0, 0.05) is 24.3 Å². The van der Waals surface area contributed by atoms with Crippen molar-refractivity contribution < 1.29 is 13.9 Å². The number of carbonyl (C=O) groups excluding carboxylic acids is 1. The number of carbonyl (C=O) groups is 1. The van der Waals surface area contributed by atoms with Gasteiger partial charge in [0.1, 0.15) is 16.8 Å². The molecule has 0 atom stereocenters. The minimum atomic E-state index is -0.389. The summed E-state index contributed by atoms with van der Waals surface area (Å²) in [6, 6.07) is 10.5. The summed E-state index contributed by atoms with van der Waals surface area (Å²) in [6.07, 6.45) is 0. The van der Waals surface area contributed by atoms with Gasteiger partial charge in [0.2, 0.25) is 5.69 Å². The highest BCUT2D eigenvalue weighted by Crippen LogP contribution is 2.40. The van der Waals surface area contributed by atoms with E-state index in [9.17, 15) is 9.18 Å². The number of ether oxygens (including phenoxy) is 1. The van der Waals surface area contributed by atoms with E-state index < -0.39 is 0 Å². The van der Waals surface area contributed by atoms with Crippen molar-refractivity contribution in [3.8, 4) is 22.4 Å². The maximum absolute atomic E-state index is 13.6. The Bertz CT molecular complexity index is 1180. The van der Waals surface area contributed by atoms with E-state index in [0.29, 0.717) is 54.4 Å². The summed E-state index contributed by atoms with van der Waals surface area (Å²) in [4.78, 5) is 26.8. The van der Waals surface area contributed by atoms with E-state index in [-0.39, 0.29) is 28.5 Å². The van der Waals surface area contributed by atoms with Crippen molar-refractivity contribution in [3.63, 3.8) is 0 Å². The molecule has 3 aromatic rings. The van der Waals surface area contributed by atoms with Crippen molar-refractivity contribution in [1.29, 1.82) is 0 Å². The number of halogens is 2. The molecule has 1 aliphatic heterocycles. The Morgan fingerprint density at radius 1 is 1.16 bits per heavy atom. The maximum atomic E-state index is 13.6. The minimum absolute atomic E-state index is 0.229. The number of anilines is 1. The van der Waals surface area contributed by atoms with E-state index >= 15 is 0 Å². The van der Waals surface area contributed by atoms with Crippen molar-refractivity contribution >= 4 is 29.1 Å². The Labute approximate surface area is 189 Å². The van der Waals surface area contributed by atoms with Crippen LogP contribution in [0.25, 0.3) is 27.2 Å². The highest BCUT2D eigenvalue weighted by molar-refractivity contribution is 6.29. The van der Waals surface area contributed by atoms with E-state index in [0.717, 1.165) is 0 Å². The minimum Gasteiger partial charge on any atom is -0.378 e. The van der Waals surface area contributed by atoms with Gasteiger partial charge in [-0.2, -0.15) is 0 Å². The molecule has 1 N–H and O–H groups in total. The molecule has 0 aliphatic carbocycles. The van der Waals surface area contributed by atoms with E-state index in [1.807, 2.05) is 0 Å². The summed E-state index contributed by atoms with van der Waals surface area (Å²) in [7, 11) is 0. The van der Waals surface area contributed by atoms with E-state index in [2.05, 4.69) is 20.1 Å². The van der Waals surface area contributed by atoms with Gasteiger partial charge in [-0.25, -0.2) is 24.0 Å². The molecule has 1 aromatic carbocycles. The third-order valence-corrected chi connectivity index (χ3v) is 5.17. The van der Waals surface area contributed by atoms with Crippen LogP contribution in [0.3, 0.4) is 0 Å². The number of nitrogens with one attached hydrogen (secondary N) is 1. The van der Waals surface area contributed by atoms with Gasteiger partial charge in [0.25, 0.3) is 0 Å². The van der Waals surface area contributed by atoms with Gasteiger partial charge in [-0.15, -0.1) is 0 Å². The molecule has 1 saturated heterocycles. The lowest BCUT2D eigenvalue weighted by Crippen LogP contribution is -2.43. The largest absolute Gasteiger partial charge is 0.378 e. The third kappa shape index (κ3) is 4.69. The molecule has 3 heterocycles. The lowest BCUT2D eigenvalue weighted by molar-refractivity contribution is 0.0564. The number of aromatic nitrogens is 2. The Kier molecular flexibility index (Phi) is 6.30. The first kappa shape index (κ1) is 21.7. The monoisotopic (exact) mass is 451 g/mol. The normalized spacial score (nSPS) is 13.5. The van der Waals surface area contributed by atoms with Crippen LogP contribution in [-0.2, 0) is 4.74 Å². The lowest BCUT2D eigenvalue weighted by atomic mass is 9.97. The number of rotatable bonds is 3. The summed E-state index contributed by atoms with van der Waals surface area (Å²) in [5.74, 6) is -0.160. The Hall–Kier alpha value is -3.54. The summed E-state index contributed by atoms with van der Waals surface area (Å²) < 4.78 is 18.9. The first-order valence-electron chi connectivity index (χ1n) is 9.91. The number of hydrogen-bond donors (Lipinski definition) is 1. The fourth-order valence-electron chi connectivity index (χ4n) is 3.51. The van der Waals surface area contributed by atoms with Crippen LogP contribution in [0.15, 0.2) is 42.5 Å². The molecule has 32 heavy (non-hydrogen) atoms. The van der Waals surface area contributed by atoms with Crippen LogP contribution < -0.4 is 5.32 Å². The lowest BCUT2D eigenvalue weighted by Gasteiger charge is -2.27. The molecular weight excluding hydrogens is 433 g/mol. The van der Waals surface area contributed by atoms with Crippen molar-refractivity contribution in [2.24, 2.45) is 0 Å². The molecular formula is C23H19ClFN5O2. The molecule has 0 unspecified atom stereocenters. The molecule has 2 aromatic heterocycles. The van der Waals surface area contributed by atoms with Gasteiger partial charge in [0.05, 0.1) is 25.5 Å². The van der Waals surface area contributed by atoms with Crippen LogP contribution >= 0.6 is 11.6 Å². The smallest absolute Gasteiger partial charge is 0.323 e. The quantitative estimate of drug-likeness (QED) is 0.431. The van der Waals surface area contributed by atoms with Gasteiger partial charge >= 0.3 is 6.03 Å². The second-order valence-electron chi connectivity index (χ2n) is 7.22. The summed E-state index contributed by atoms with van der Waals surface area (Å²) in [5, 5.41) is 3.06. The standard InChI is InChI=1S/C23H19ClFN5O2/c1-14-11-16(12-19(24)27-14)21-18(26-2)13-20(29-23(31)30-7-9-32-10-8-30)28-22(21)15-3-5-17(25)6-4-15/h3-6,11-13H,7-10H2,1H3,(H,28,29,31). The van der Waals surface area contributed by atoms with E-state index in [4.69, 9.17) is 22.9 Å². The number of amides is 2. The fraction of sp³-hybridized carbons (Fsp3) is 0.217. The van der Waals surface area contributed by atoms with Crippen LogP contribution in [-0.4, -0.2) is 47.2 Å². The molecule has 0 bridgehead atoms. The Balaban J connectivity index is 1.84. The van der Waals surface area contributed by atoms with Crippen LogP contribution in [0, 0.1) is 19.3 Å². The number of urea groups is 1. The topological polar surface area (TPSA) is 71.7 Å². The average molecular weight is 452 g/mol. The first-order chi connectivity index (χ1) is 15.4. The molecule has 4 rings (SSSR count). The van der Waals surface area contributed by atoms with E-state index in [1.165, 1.54) is 18.2 Å².